The van der Waals surface area contributed by atoms with E-state index in [1.165, 1.54) is 26.0 Å². The third kappa shape index (κ3) is 2.94. The number of aliphatic hydroxyl groups excluding tert-OH is 1. The van der Waals surface area contributed by atoms with Crippen LogP contribution in [0.3, 0.4) is 0 Å². The number of nitriles is 1. The summed E-state index contributed by atoms with van der Waals surface area (Å²) in [6, 6.07) is 2.78. The highest BCUT2D eigenvalue weighted by atomic mass is 35.5. The van der Waals surface area contributed by atoms with Crippen molar-refractivity contribution in [2.45, 2.75) is 38.3 Å². The molecule has 1 aromatic carbocycles. The van der Waals surface area contributed by atoms with Crippen molar-refractivity contribution in [3.05, 3.63) is 28.3 Å². The second kappa shape index (κ2) is 5.91. The molecule has 9 heteroatoms. The maximum Gasteiger partial charge on any atom is 0.416 e. The van der Waals surface area contributed by atoms with Gasteiger partial charge in [0.05, 0.1) is 16.3 Å². The minimum absolute atomic E-state index is 0.0256. The minimum atomic E-state index is -4.92. The van der Waals surface area contributed by atoms with Gasteiger partial charge in [0.15, 0.2) is 6.10 Å². The molecule has 1 fully saturated rings. The highest BCUT2D eigenvalue weighted by molar-refractivity contribution is 6.33. The van der Waals surface area contributed by atoms with Gasteiger partial charge in [-0.1, -0.05) is 11.6 Å². The first-order valence-corrected chi connectivity index (χ1v) is 6.91. The van der Waals surface area contributed by atoms with E-state index in [-0.39, 0.29) is 21.8 Å². The molecule has 1 aliphatic heterocycles. The fourth-order valence-electron chi connectivity index (χ4n) is 2.49. The van der Waals surface area contributed by atoms with E-state index in [4.69, 9.17) is 21.6 Å². The Morgan fingerprint density at radius 1 is 1.48 bits per heavy atom. The van der Waals surface area contributed by atoms with Crippen LogP contribution in [-0.2, 0) is 4.74 Å². The summed E-state index contributed by atoms with van der Waals surface area (Å²) in [6.45, 7) is 2.73. The van der Waals surface area contributed by atoms with Crippen LogP contribution in [0.5, 0.6) is 0 Å². The van der Waals surface area contributed by atoms with Gasteiger partial charge in [0.1, 0.15) is 18.2 Å². The Balaban J connectivity index is 2.54. The number of carbonyl (C=O) groups excluding carboxylic acids is 1. The number of anilines is 1. The Hall–Kier alpha value is -1.98. The Morgan fingerprint density at radius 2 is 2.09 bits per heavy atom. The molecule has 124 valence electrons. The molecule has 0 aliphatic carbocycles. The summed E-state index contributed by atoms with van der Waals surface area (Å²) in [7, 11) is 0. The van der Waals surface area contributed by atoms with Crippen molar-refractivity contribution in [1.29, 1.82) is 5.26 Å². The predicted molar refractivity (Wildman–Crippen MR) is 75.2 cm³/mol. The standard InChI is InChI=1S/C14H12ClF3N2O3/c1-6-9(4-3-8(5-19)10(6)15)20-11(7(2)23-13(20)22)12(21)14(16,17)18/h3-4,7,11-12,21H,1-2H3/t7?,11?,12-/m0/s1. The Morgan fingerprint density at radius 3 is 2.61 bits per heavy atom. The molecule has 0 saturated carbocycles. The molecule has 1 heterocycles. The lowest BCUT2D eigenvalue weighted by molar-refractivity contribution is -0.212. The molecule has 3 atom stereocenters. The van der Waals surface area contributed by atoms with Crippen molar-refractivity contribution in [1.82, 2.24) is 0 Å². The van der Waals surface area contributed by atoms with Crippen molar-refractivity contribution >= 4 is 23.4 Å². The van der Waals surface area contributed by atoms with Gasteiger partial charge < -0.3 is 9.84 Å². The van der Waals surface area contributed by atoms with Gasteiger partial charge in [0.2, 0.25) is 0 Å². The van der Waals surface area contributed by atoms with Crippen LogP contribution in [-0.4, -0.2) is 35.6 Å². The molecular formula is C14H12ClF3N2O3. The van der Waals surface area contributed by atoms with Crippen LogP contribution in [0.4, 0.5) is 23.7 Å². The lowest BCUT2D eigenvalue weighted by Gasteiger charge is -2.30. The van der Waals surface area contributed by atoms with E-state index in [2.05, 4.69) is 0 Å². The molecule has 2 unspecified atom stereocenters. The number of benzene rings is 1. The quantitative estimate of drug-likeness (QED) is 0.891. The van der Waals surface area contributed by atoms with Gasteiger partial charge >= 0.3 is 12.3 Å². The number of ether oxygens (including phenoxy) is 1. The summed E-state index contributed by atoms with van der Waals surface area (Å²) in [4.78, 5) is 12.7. The van der Waals surface area contributed by atoms with Gasteiger partial charge in [-0.05, 0) is 31.5 Å². The topological polar surface area (TPSA) is 73.6 Å². The van der Waals surface area contributed by atoms with Gasteiger partial charge in [-0.25, -0.2) is 4.79 Å². The molecule has 0 bridgehead atoms. The molecule has 1 N–H and O–H groups in total. The van der Waals surface area contributed by atoms with Crippen LogP contribution in [0.1, 0.15) is 18.1 Å². The van der Waals surface area contributed by atoms with Crippen molar-refractivity contribution in [3.8, 4) is 6.07 Å². The fourth-order valence-corrected chi connectivity index (χ4v) is 2.69. The zero-order valence-electron chi connectivity index (χ0n) is 12.1. The van der Waals surface area contributed by atoms with E-state index in [0.29, 0.717) is 0 Å². The first kappa shape index (κ1) is 17.4. The maximum absolute atomic E-state index is 12.9. The molecule has 5 nitrogen and oxygen atoms in total. The number of amides is 1. The van der Waals surface area contributed by atoms with Gasteiger partial charge in [-0.15, -0.1) is 0 Å². The minimum Gasteiger partial charge on any atom is -0.444 e. The van der Waals surface area contributed by atoms with E-state index in [9.17, 15) is 23.1 Å². The smallest absolute Gasteiger partial charge is 0.416 e. The maximum atomic E-state index is 12.9. The number of alkyl halides is 3. The molecule has 0 radical (unpaired) electrons. The molecule has 0 aromatic heterocycles. The summed E-state index contributed by atoms with van der Waals surface area (Å²) < 4.78 is 43.5. The van der Waals surface area contributed by atoms with E-state index >= 15 is 0 Å². The van der Waals surface area contributed by atoms with Crippen molar-refractivity contribution in [2.75, 3.05) is 4.90 Å². The molecule has 2 rings (SSSR count). The van der Waals surface area contributed by atoms with Crippen LogP contribution >= 0.6 is 11.6 Å². The average Bonchev–Trinajstić information content (AvgIpc) is 2.74. The summed E-state index contributed by atoms with van der Waals surface area (Å²) in [5.74, 6) is 0. The summed E-state index contributed by atoms with van der Waals surface area (Å²) in [5, 5.41) is 18.5. The van der Waals surface area contributed by atoms with Gasteiger partial charge in [0, 0.05) is 0 Å². The van der Waals surface area contributed by atoms with Gasteiger partial charge in [-0.3, -0.25) is 4.90 Å². The third-order valence-corrected chi connectivity index (χ3v) is 4.15. The zero-order chi connectivity index (χ0) is 17.5. The fraction of sp³-hybridized carbons (Fsp3) is 0.429. The first-order chi connectivity index (χ1) is 10.6. The monoisotopic (exact) mass is 348 g/mol. The van der Waals surface area contributed by atoms with Crippen LogP contribution in [0.15, 0.2) is 12.1 Å². The zero-order valence-corrected chi connectivity index (χ0v) is 12.8. The molecular weight excluding hydrogens is 337 g/mol. The second-order valence-electron chi connectivity index (χ2n) is 5.12. The highest BCUT2D eigenvalue weighted by Gasteiger charge is 2.54. The normalized spacial score (nSPS) is 22.7. The highest BCUT2D eigenvalue weighted by Crippen LogP contribution is 2.38. The number of carbonyl (C=O) groups is 1. The number of halogens is 4. The SMILES string of the molecule is Cc1c(N2C(=O)OC(C)C2[C@H](O)C(F)(F)F)ccc(C#N)c1Cl. The van der Waals surface area contributed by atoms with Crippen molar-refractivity contribution in [3.63, 3.8) is 0 Å². The lowest BCUT2D eigenvalue weighted by atomic mass is 10.0. The van der Waals surface area contributed by atoms with E-state index < -0.39 is 30.5 Å². The van der Waals surface area contributed by atoms with E-state index in [1.54, 1.807) is 0 Å². The Kier molecular flexibility index (Phi) is 4.46. The molecule has 1 amide bonds. The number of nitrogens with zero attached hydrogens (tertiary/aromatic N) is 2. The van der Waals surface area contributed by atoms with Crippen molar-refractivity contribution < 1.29 is 27.8 Å². The van der Waals surface area contributed by atoms with Crippen LogP contribution in [0.25, 0.3) is 0 Å². The van der Waals surface area contributed by atoms with Gasteiger partial charge in [-0.2, -0.15) is 18.4 Å². The van der Waals surface area contributed by atoms with E-state index in [1.807, 2.05) is 6.07 Å². The lowest BCUT2D eigenvalue weighted by Crippen LogP contribution is -2.51. The molecule has 1 aliphatic rings. The number of hydrogen-bond donors (Lipinski definition) is 1. The molecule has 0 spiro atoms. The third-order valence-electron chi connectivity index (χ3n) is 3.66. The number of cyclic esters (lactones) is 1. The van der Waals surface area contributed by atoms with Crippen LogP contribution < -0.4 is 4.90 Å². The number of hydrogen-bond acceptors (Lipinski definition) is 4. The summed E-state index contributed by atoms with van der Waals surface area (Å²) >= 11 is 5.99. The van der Waals surface area contributed by atoms with Crippen LogP contribution in [0, 0.1) is 18.3 Å². The van der Waals surface area contributed by atoms with Crippen LogP contribution in [0.2, 0.25) is 5.02 Å². The first-order valence-electron chi connectivity index (χ1n) is 6.53. The number of aliphatic hydroxyl groups is 1. The summed E-state index contributed by atoms with van der Waals surface area (Å²) in [6.07, 6.45) is -9.89. The predicted octanol–water partition coefficient (Wildman–Crippen LogP) is 3.16. The average molecular weight is 349 g/mol. The Bertz CT molecular complexity index is 687. The molecule has 23 heavy (non-hydrogen) atoms. The van der Waals surface area contributed by atoms with E-state index in [0.717, 1.165) is 4.90 Å². The molecule has 1 aromatic rings. The largest absolute Gasteiger partial charge is 0.444 e. The second-order valence-corrected chi connectivity index (χ2v) is 5.50. The molecule has 1 saturated heterocycles. The number of rotatable bonds is 2. The Labute approximate surface area is 134 Å². The van der Waals surface area contributed by atoms with Gasteiger partial charge in [0.25, 0.3) is 0 Å². The summed E-state index contributed by atoms with van der Waals surface area (Å²) in [5.41, 5.74) is 0.425. The van der Waals surface area contributed by atoms with Crippen molar-refractivity contribution in [2.24, 2.45) is 0 Å².